The Morgan fingerprint density at radius 3 is 2.69 bits per heavy atom. The molecule has 0 fully saturated rings. The zero-order chi connectivity index (χ0) is 20.4. The molecule has 0 atom stereocenters. The molecule has 1 amide bonds. The highest BCUT2D eigenvalue weighted by Gasteiger charge is 2.30. The topological polar surface area (TPSA) is 67.8 Å². The Balaban J connectivity index is 1.68. The van der Waals surface area contributed by atoms with E-state index in [1.165, 1.54) is 23.5 Å². The Kier molecular flexibility index (Phi) is 4.98. The van der Waals surface area contributed by atoms with Crippen LogP contribution in [0, 0.1) is 0 Å². The van der Waals surface area contributed by atoms with Crippen molar-refractivity contribution in [1.29, 1.82) is 0 Å². The van der Waals surface area contributed by atoms with Gasteiger partial charge < -0.3 is 5.32 Å². The molecule has 2 aromatic heterocycles. The highest BCUT2D eigenvalue weighted by molar-refractivity contribution is 7.13. The number of nitrogens with zero attached hydrogens (tertiary/aromatic N) is 3. The van der Waals surface area contributed by atoms with Crippen LogP contribution in [0.1, 0.15) is 11.1 Å². The van der Waals surface area contributed by atoms with Crippen molar-refractivity contribution in [2.75, 3.05) is 5.32 Å². The minimum atomic E-state index is -4.45. The molecule has 0 aliphatic rings. The Hall–Kier alpha value is -3.33. The van der Waals surface area contributed by atoms with Crippen LogP contribution < -0.4 is 5.32 Å². The summed E-state index contributed by atoms with van der Waals surface area (Å²) in [6, 6.07) is 10.2. The first kappa shape index (κ1) is 19.0. The van der Waals surface area contributed by atoms with Gasteiger partial charge in [0.15, 0.2) is 11.0 Å². The molecule has 29 heavy (non-hydrogen) atoms. The smallest absolute Gasteiger partial charge is 0.302 e. The van der Waals surface area contributed by atoms with Gasteiger partial charge in [0.25, 0.3) is 0 Å². The van der Waals surface area contributed by atoms with Gasteiger partial charge in [0, 0.05) is 28.7 Å². The van der Waals surface area contributed by atoms with E-state index in [-0.39, 0.29) is 23.7 Å². The van der Waals surface area contributed by atoms with Gasteiger partial charge in [-0.2, -0.15) is 13.2 Å². The number of hydrogen-bond acceptors (Lipinski definition) is 5. The number of nitrogens with one attached hydrogen (secondary N) is 1. The molecule has 1 N–H and O–H groups in total. The lowest BCUT2D eigenvalue weighted by Crippen LogP contribution is -2.14. The molecule has 0 saturated heterocycles. The number of aromatic nitrogens is 3. The highest BCUT2D eigenvalue weighted by atomic mass is 32.1. The van der Waals surface area contributed by atoms with Crippen LogP contribution in [0.25, 0.3) is 22.3 Å². The Morgan fingerprint density at radius 2 is 1.93 bits per heavy atom. The summed E-state index contributed by atoms with van der Waals surface area (Å²) < 4.78 is 39.0. The van der Waals surface area contributed by atoms with Crippen LogP contribution in [0.4, 0.5) is 18.3 Å². The van der Waals surface area contributed by atoms with Crippen LogP contribution in [0.15, 0.2) is 60.2 Å². The van der Waals surface area contributed by atoms with E-state index >= 15 is 0 Å². The third-order valence-corrected chi connectivity index (χ3v) is 4.86. The van der Waals surface area contributed by atoms with Gasteiger partial charge in [-0.25, -0.2) is 15.0 Å². The van der Waals surface area contributed by atoms with E-state index in [1.807, 2.05) is 0 Å². The first-order valence-corrected chi connectivity index (χ1v) is 9.40. The second-order valence-electron chi connectivity index (χ2n) is 6.19. The number of alkyl halides is 3. The van der Waals surface area contributed by atoms with Gasteiger partial charge in [-0.05, 0) is 17.7 Å². The van der Waals surface area contributed by atoms with E-state index in [9.17, 15) is 18.0 Å². The number of thiazole rings is 1. The van der Waals surface area contributed by atoms with E-state index in [0.29, 0.717) is 21.6 Å². The fraction of sp³-hybridized carbons (Fsp3) is 0.100. The number of hydrogen-bond donors (Lipinski definition) is 1. The molecule has 0 saturated carbocycles. The lowest BCUT2D eigenvalue weighted by Gasteiger charge is -2.10. The number of para-hydroxylation sites is 1. The van der Waals surface area contributed by atoms with Crippen LogP contribution in [0.5, 0.6) is 0 Å². The maximum absolute atomic E-state index is 13.0. The van der Waals surface area contributed by atoms with Crippen molar-refractivity contribution < 1.29 is 18.0 Å². The fourth-order valence-corrected chi connectivity index (χ4v) is 3.40. The van der Waals surface area contributed by atoms with Crippen molar-refractivity contribution in [3.05, 3.63) is 71.4 Å². The molecule has 0 spiro atoms. The summed E-state index contributed by atoms with van der Waals surface area (Å²) in [5.41, 5.74) is 0.648. The highest BCUT2D eigenvalue weighted by Crippen LogP contribution is 2.31. The quantitative estimate of drug-likeness (QED) is 0.513. The Bertz CT molecular complexity index is 1180. The molecule has 0 aliphatic heterocycles. The summed E-state index contributed by atoms with van der Waals surface area (Å²) >= 11 is 1.31. The van der Waals surface area contributed by atoms with Crippen molar-refractivity contribution >= 4 is 33.3 Å². The first-order valence-electron chi connectivity index (χ1n) is 8.52. The van der Waals surface area contributed by atoms with E-state index in [4.69, 9.17) is 0 Å². The Morgan fingerprint density at radius 1 is 1.10 bits per heavy atom. The molecule has 0 radical (unpaired) electrons. The summed E-state index contributed by atoms with van der Waals surface area (Å²) in [4.78, 5) is 25.0. The number of carbonyl (C=O) groups excluding carboxylic acids is 1. The molecule has 0 unspecified atom stereocenters. The van der Waals surface area contributed by atoms with Gasteiger partial charge in [0.05, 0.1) is 17.5 Å². The Labute approximate surface area is 167 Å². The van der Waals surface area contributed by atoms with E-state index < -0.39 is 11.7 Å². The van der Waals surface area contributed by atoms with Crippen molar-refractivity contribution in [2.24, 2.45) is 0 Å². The first-order chi connectivity index (χ1) is 13.9. The number of anilines is 1. The second-order valence-corrected chi connectivity index (χ2v) is 7.08. The molecule has 5 nitrogen and oxygen atoms in total. The number of rotatable bonds is 4. The summed E-state index contributed by atoms with van der Waals surface area (Å²) in [5.74, 6) is -0.0944. The normalized spacial score (nSPS) is 11.6. The zero-order valence-corrected chi connectivity index (χ0v) is 15.6. The lowest BCUT2D eigenvalue weighted by atomic mass is 10.1. The van der Waals surface area contributed by atoms with Gasteiger partial charge in [-0.3, -0.25) is 4.79 Å². The number of halogens is 3. The average Bonchev–Trinajstić information content (AvgIpc) is 3.20. The molecule has 4 rings (SSSR count). The molecule has 4 aromatic rings. The molecule has 9 heteroatoms. The predicted molar refractivity (Wildman–Crippen MR) is 104 cm³/mol. The largest absolute Gasteiger partial charge is 0.416 e. The second kappa shape index (κ2) is 7.59. The van der Waals surface area contributed by atoms with Crippen LogP contribution in [-0.2, 0) is 17.4 Å². The van der Waals surface area contributed by atoms with Crippen molar-refractivity contribution in [3.8, 4) is 11.4 Å². The predicted octanol–water partition coefficient (Wildman–Crippen LogP) is 4.95. The fourth-order valence-electron chi connectivity index (χ4n) is 2.86. The standard InChI is InChI=1S/C20H13F3N4OS/c21-20(22,23)15-6-2-4-13(9-15)18-25-11-14-5-1-3-12(17(14)27-18)10-16(28)26-19-24-7-8-29-19/h1-9,11H,10H2,(H,24,26,28). The monoisotopic (exact) mass is 414 g/mol. The molecule has 2 aromatic carbocycles. The van der Waals surface area contributed by atoms with Crippen LogP contribution in [-0.4, -0.2) is 20.9 Å². The summed E-state index contributed by atoms with van der Waals surface area (Å²) in [6.07, 6.45) is -1.27. The number of benzene rings is 2. The van der Waals surface area contributed by atoms with Gasteiger partial charge in [-0.15, -0.1) is 11.3 Å². The summed E-state index contributed by atoms with van der Waals surface area (Å²) in [5, 5.41) is 5.65. The number of amides is 1. The number of fused-ring (bicyclic) bond motifs is 1. The third kappa shape index (κ3) is 4.24. The summed E-state index contributed by atoms with van der Waals surface area (Å²) in [6.45, 7) is 0. The zero-order valence-electron chi connectivity index (χ0n) is 14.8. The van der Waals surface area contributed by atoms with Crippen molar-refractivity contribution in [2.45, 2.75) is 12.6 Å². The molecular formula is C20H13F3N4OS. The van der Waals surface area contributed by atoms with E-state index in [0.717, 1.165) is 12.1 Å². The van der Waals surface area contributed by atoms with Gasteiger partial charge in [0.1, 0.15) is 0 Å². The summed E-state index contributed by atoms with van der Waals surface area (Å²) in [7, 11) is 0. The molecule has 0 bridgehead atoms. The van der Waals surface area contributed by atoms with E-state index in [2.05, 4.69) is 20.3 Å². The third-order valence-electron chi connectivity index (χ3n) is 4.17. The maximum atomic E-state index is 13.0. The van der Waals surface area contributed by atoms with Gasteiger partial charge >= 0.3 is 6.18 Å². The minimum absolute atomic E-state index is 0.0516. The SMILES string of the molecule is O=C(Cc1cccc2cnc(-c3cccc(C(F)(F)F)c3)nc12)Nc1nccs1. The molecular weight excluding hydrogens is 401 g/mol. The molecule has 2 heterocycles. The average molecular weight is 414 g/mol. The van der Waals surface area contributed by atoms with Gasteiger partial charge in [-0.1, -0.05) is 30.3 Å². The van der Waals surface area contributed by atoms with Gasteiger partial charge in [0.2, 0.25) is 5.91 Å². The van der Waals surface area contributed by atoms with Crippen LogP contribution >= 0.6 is 11.3 Å². The lowest BCUT2D eigenvalue weighted by molar-refractivity contribution is -0.137. The minimum Gasteiger partial charge on any atom is -0.302 e. The maximum Gasteiger partial charge on any atom is 0.416 e. The van der Waals surface area contributed by atoms with Crippen LogP contribution in [0.3, 0.4) is 0 Å². The molecule has 146 valence electrons. The van der Waals surface area contributed by atoms with E-state index in [1.54, 1.807) is 36.0 Å². The number of carbonyl (C=O) groups is 1. The van der Waals surface area contributed by atoms with Crippen molar-refractivity contribution in [3.63, 3.8) is 0 Å². The van der Waals surface area contributed by atoms with Crippen LogP contribution in [0.2, 0.25) is 0 Å². The van der Waals surface area contributed by atoms with Crippen molar-refractivity contribution in [1.82, 2.24) is 15.0 Å². The molecule has 0 aliphatic carbocycles.